The first kappa shape index (κ1) is 16.0. The molecule has 0 aliphatic carbocycles. The van der Waals surface area contributed by atoms with Gasteiger partial charge >= 0.3 is 5.97 Å². The lowest BCUT2D eigenvalue weighted by Crippen LogP contribution is -2.28. The second kappa shape index (κ2) is 5.80. The number of aromatic amines is 1. The molecule has 2 rings (SSSR count). The second-order valence-electron chi connectivity index (χ2n) is 4.85. The minimum Gasteiger partial charge on any atom is -0.465 e. The Bertz CT molecular complexity index is 811. The molecule has 0 bridgehead atoms. The maximum atomic E-state index is 12.7. The number of sulfonamides is 1. The van der Waals surface area contributed by atoms with Crippen LogP contribution >= 0.6 is 0 Å². The number of anilines is 1. The number of aromatic nitrogens is 2. The standard InChI is InChI=1S/C14H17N3O4S/c1-9-5-6-11(7-10(9)2)17(3)22(19,20)13-12(8-15-16-13)14(18)21-4/h5-8H,1-4H3,(H,15,16). The number of nitrogens with zero attached hydrogens (tertiary/aromatic N) is 2. The van der Waals surface area contributed by atoms with E-state index in [-0.39, 0.29) is 10.6 Å². The Morgan fingerprint density at radius 3 is 2.55 bits per heavy atom. The quantitative estimate of drug-likeness (QED) is 0.864. The average molecular weight is 323 g/mol. The van der Waals surface area contributed by atoms with Crippen LogP contribution < -0.4 is 4.31 Å². The Morgan fingerprint density at radius 1 is 1.27 bits per heavy atom. The molecule has 0 aliphatic rings. The minimum absolute atomic E-state index is 0.127. The summed E-state index contributed by atoms with van der Waals surface area (Å²) in [4.78, 5) is 11.6. The van der Waals surface area contributed by atoms with Crippen LogP contribution in [0.2, 0.25) is 0 Å². The molecule has 1 heterocycles. The molecular weight excluding hydrogens is 306 g/mol. The van der Waals surface area contributed by atoms with Crippen LogP contribution in [-0.4, -0.2) is 38.7 Å². The summed E-state index contributed by atoms with van der Waals surface area (Å²) in [6, 6.07) is 5.31. The van der Waals surface area contributed by atoms with Crippen molar-refractivity contribution >= 4 is 21.7 Å². The lowest BCUT2D eigenvalue weighted by molar-refractivity contribution is 0.0596. The molecule has 1 aromatic carbocycles. The van der Waals surface area contributed by atoms with Crippen molar-refractivity contribution < 1.29 is 17.9 Å². The van der Waals surface area contributed by atoms with E-state index < -0.39 is 16.0 Å². The van der Waals surface area contributed by atoms with Crippen molar-refractivity contribution in [3.8, 4) is 0 Å². The number of nitrogens with one attached hydrogen (secondary N) is 1. The van der Waals surface area contributed by atoms with Gasteiger partial charge in [-0.2, -0.15) is 13.5 Å². The van der Waals surface area contributed by atoms with Gasteiger partial charge in [-0.3, -0.25) is 9.40 Å². The highest BCUT2D eigenvalue weighted by atomic mass is 32.2. The molecule has 0 spiro atoms. The number of methoxy groups -OCH3 is 1. The molecule has 1 aromatic heterocycles. The summed E-state index contributed by atoms with van der Waals surface area (Å²) in [6.07, 6.45) is 1.13. The Labute approximate surface area is 129 Å². The van der Waals surface area contributed by atoms with Crippen LogP contribution in [0.4, 0.5) is 5.69 Å². The van der Waals surface area contributed by atoms with Crippen LogP contribution in [0.15, 0.2) is 29.4 Å². The number of ether oxygens (including phenoxy) is 1. The van der Waals surface area contributed by atoms with Gasteiger partial charge in [-0.15, -0.1) is 0 Å². The van der Waals surface area contributed by atoms with Crippen LogP contribution in [0.3, 0.4) is 0 Å². The van der Waals surface area contributed by atoms with E-state index in [1.165, 1.54) is 14.2 Å². The van der Waals surface area contributed by atoms with Gasteiger partial charge in [0.2, 0.25) is 0 Å². The zero-order chi connectivity index (χ0) is 16.5. The van der Waals surface area contributed by atoms with Gasteiger partial charge in [0.15, 0.2) is 5.03 Å². The normalized spacial score (nSPS) is 11.3. The van der Waals surface area contributed by atoms with Crippen molar-refractivity contribution in [1.29, 1.82) is 0 Å². The number of aryl methyl sites for hydroxylation is 2. The molecule has 0 saturated carbocycles. The maximum Gasteiger partial charge on any atom is 0.342 e. The van der Waals surface area contributed by atoms with E-state index in [4.69, 9.17) is 0 Å². The van der Waals surface area contributed by atoms with E-state index in [0.29, 0.717) is 5.69 Å². The number of hydrogen-bond acceptors (Lipinski definition) is 5. The summed E-state index contributed by atoms with van der Waals surface area (Å²) in [5.41, 5.74) is 2.40. The summed E-state index contributed by atoms with van der Waals surface area (Å²) in [5, 5.41) is 5.70. The van der Waals surface area contributed by atoms with Gasteiger partial charge in [-0.25, -0.2) is 4.79 Å². The molecule has 0 amide bonds. The molecule has 0 aliphatic heterocycles. The van der Waals surface area contributed by atoms with E-state index in [9.17, 15) is 13.2 Å². The zero-order valence-electron chi connectivity index (χ0n) is 12.7. The first-order valence-electron chi connectivity index (χ1n) is 6.47. The van der Waals surface area contributed by atoms with Crippen LogP contribution in [0.5, 0.6) is 0 Å². The first-order valence-corrected chi connectivity index (χ1v) is 7.91. The number of rotatable bonds is 4. The molecule has 0 fully saturated rings. The molecule has 1 N–H and O–H groups in total. The fourth-order valence-corrected chi connectivity index (χ4v) is 3.17. The van der Waals surface area contributed by atoms with Gasteiger partial charge in [0.25, 0.3) is 10.0 Å². The topological polar surface area (TPSA) is 92.4 Å². The van der Waals surface area contributed by atoms with Crippen LogP contribution in [0, 0.1) is 13.8 Å². The number of carbonyl (C=O) groups is 1. The van der Waals surface area contributed by atoms with Crippen LogP contribution in [-0.2, 0) is 14.8 Å². The molecule has 118 valence electrons. The first-order chi connectivity index (χ1) is 10.3. The third-order valence-electron chi connectivity index (χ3n) is 3.48. The summed E-state index contributed by atoms with van der Waals surface area (Å²) in [6.45, 7) is 3.84. The van der Waals surface area contributed by atoms with Gasteiger partial charge in [0, 0.05) is 7.05 Å². The van der Waals surface area contributed by atoms with Gasteiger partial charge in [0.1, 0.15) is 5.56 Å². The van der Waals surface area contributed by atoms with Crippen LogP contribution in [0.25, 0.3) is 0 Å². The third kappa shape index (κ3) is 2.69. The average Bonchev–Trinajstić information content (AvgIpc) is 2.98. The summed E-state index contributed by atoms with van der Waals surface area (Å²) < 4.78 is 31.0. The minimum atomic E-state index is -3.95. The molecule has 0 atom stereocenters. The van der Waals surface area contributed by atoms with E-state index in [0.717, 1.165) is 21.6 Å². The van der Waals surface area contributed by atoms with Crippen molar-refractivity contribution in [2.75, 3.05) is 18.5 Å². The smallest absolute Gasteiger partial charge is 0.342 e. The number of hydrogen-bond donors (Lipinski definition) is 1. The zero-order valence-corrected chi connectivity index (χ0v) is 13.6. The van der Waals surface area contributed by atoms with Gasteiger partial charge < -0.3 is 4.74 Å². The SMILES string of the molecule is COC(=O)c1cn[nH]c1S(=O)(=O)N(C)c1ccc(C)c(C)c1. The third-order valence-corrected chi connectivity index (χ3v) is 5.24. The van der Waals surface area contributed by atoms with Gasteiger partial charge in [-0.05, 0) is 37.1 Å². The molecule has 2 aromatic rings. The maximum absolute atomic E-state index is 12.7. The van der Waals surface area contributed by atoms with Gasteiger partial charge in [-0.1, -0.05) is 6.07 Å². The van der Waals surface area contributed by atoms with Crippen molar-refractivity contribution in [2.24, 2.45) is 0 Å². The van der Waals surface area contributed by atoms with Crippen molar-refractivity contribution in [3.63, 3.8) is 0 Å². The fraction of sp³-hybridized carbons (Fsp3) is 0.286. The van der Waals surface area contributed by atoms with E-state index >= 15 is 0 Å². The van der Waals surface area contributed by atoms with Gasteiger partial charge in [0.05, 0.1) is 19.0 Å². The number of esters is 1. The number of H-pyrrole nitrogens is 1. The Morgan fingerprint density at radius 2 is 1.95 bits per heavy atom. The lowest BCUT2D eigenvalue weighted by Gasteiger charge is -2.20. The Balaban J connectivity index is 2.48. The largest absolute Gasteiger partial charge is 0.465 e. The van der Waals surface area contributed by atoms with E-state index in [2.05, 4.69) is 14.9 Å². The highest BCUT2D eigenvalue weighted by Gasteiger charge is 2.29. The lowest BCUT2D eigenvalue weighted by atomic mass is 10.1. The predicted octanol–water partition coefficient (Wildman–Crippen LogP) is 1.64. The van der Waals surface area contributed by atoms with E-state index in [1.807, 2.05) is 19.9 Å². The van der Waals surface area contributed by atoms with E-state index in [1.54, 1.807) is 12.1 Å². The number of benzene rings is 1. The molecule has 0 unspecified atom stereocenters. The Kier molecular flexibility index (Phi) is 4.23. The summed E-state index contributed by atoms with van der Waals surface area (Å²) in [7, 11) is -1.35. The highest BCUT2D eigenvalue weighted by Crippen LogP contribution is 2.25. The van der Waals surface area contributed by atoms with Crippen molar-refractivity contribution in [1.82, 2.24) is 10.2 Å². The van der Waals surface area contributed by atoms with Crippen LogP contribution in [0.1, 0.15) is 21.5 Å². The predicted molar refractivity (Wildman–Crippen MR) is 81.4 cm³/mol. The van der Waals surface area contributed by atoms with Crippen molar-refractivity contribution in [3.05, 3.63) is 41.1 Å². The summed E-state index contributed by atoms with van der Waals surface area (Å²) >= 11 is 0. The molecule has 22 heavy (non-hydrogen) atoms. The number of carbonyl (C=O) groups excluding carboxylic acids is 1. The molecule has 7 nitrogen and oxygen atoms in total. The Hall–Kier alpha value is -2.35. The fourth-order valence-electron chi connectivity index (χ4n) is 1.92. The molecule has 0 radical (unpaired) electrons. The van der Waals surface area contributed by atoms with Crippen molar-refractivity contribution in [2.45, 2.75) is 18.9 Å². The second-order valence-corrected chi connectivity index (χ2v) is 6.75. The summed E-state index contributed by atoms with van der Waals surface area (Å²) in [5.74, 6) is -0.763. The molecule has 0 saturated heterocycles. The monoisotopic (exact) mass is 323 g/mol. The molecular formula is C14H17N3O4S. The highest BCUT2D eigenvalue weighted by molar-refractivity contribution is 7.92. The molecule has 8 heteroatoms.